The number of hydrogen-bond donors (Lipinski definition) is 4. The van der Waals surface area contributed by atoms with Crippen LogP contribution in [-0.4, -0.2) is 82.6 Å². The van der Waals surface area contributed by atoms with Gasteiger partial charge in [0, 0.05) is 6.42 Å². The van der Waals surface area contributed by atoms with Crippen molar-refractivity contribution in [2.45, 2.75) is 282 Å². The van der Waals surface area contributed by atoms with Gasteiger partial charge in [-0.2, -0.15) is 0 Å². The van der Waals surface area contributed by atoms with Crippen molar-refractivity contribution < 1.29 is 62.1 Å². The molecule has 428 valence electrons. The number of rotatable bonds is 46. The van der Waals surface area contributed by atoms with E-state index in [1.807, 2.05) is 0 Å². The van der Waals surface area contributed by atoms with Gasteiger partial charge in [0.25, 0.3) is 0 Å². The standard InChI is InChI=1S/C60H100NO13P/c1-4-7-10-13-16-19-20-23-26-29-38-45-55(66)71-60-57(61-54(65)46-49(63)39-32-27-24-21-17-14-11-8-5-2)59(70-56(67)47-50(64)40-33-28-25-22-18-15-12-9-6-3)58(53(48-62)69-60)74-75(68,72-51-41-34-30-35-42-51)73-52-43-36-31-37-44-52/h30-31,34-37,41-44,49-50,53,57-60,62-64H,4-29,32-33,38-40,45-48H2,1-3H3,(H,61,65)/t49-,50-,53-,57-,58-,59-,60-/m1/s1. The number of hydrogen-bond acceptors (Lipinski definition) is 13. The van der Waals surface area contributed by atoms with Crippen molar-refractivity contribution in [3.63, 3.8) is 0 Å². The van der Waals surface area contributed by atoms with Gasteiger partial charge in [0.1, 0.15) is 29.7 Å². The number of amides is 1. The average molecular weight is 1070 g/mol. The Bertz CT molecular complexity index is 1740. The van der Waals surface area contributed by atoms with Crippen molar-refractivity contribution in [3.05, 3.63) is 60.7 Å². The second kappa shape index (κ2) is 41.6. The van der Waals surface area contributed by atoms with E-state index in [0.717, 1.165) is 70.6 Å². The lowest BCUT2D eigenvalue weighted by Gasteiger charge is -2.45. The van der Waals surface area contributed by atoms with Gasteiger partial charge in [0.05, 0.1) is 31.7 Å². The summed E-state index contributed by atoms with van der Waals surface area (Å²) in [5, 5.41) is 36.0. The lowest BCUT2D eigenvalue weighted by Crippen LogP contribution is -2.66. The van der Waals surface area contributed by atoms with Gasteiger partial charge in [-0.05, 0) is 43.5 Å². The number of carbonyl (C=O) groups is 3. The van der Waals surface area contributed by atoms with E-state index in [2.05, 4.69) is 26.1 Å². The molecule has 0 unspecified atom stereocenters. The summed E-state index contributed by atoms with van der Waals surface area (Å²) < 4.78 is 51.6. The van der Waals surface area contributed by atoms with Crippen LogP contribution in [0.4, 0.5) is 0 Å². The van der Waals surface area contributed by atoms with Crippen LogP contribution in [0.5, 0.6) is 11.5 Å². The monoisotopic (exact) mass is 1070 g/mol. The molecule has 7 atom stereocenters. The summed E-state index contributed by atoms with van der Waals surface area (Å²) in [4.78, 5) is 41.8. The maximum Gasteiger partial charge on any atom is 0.588 e. The highest BCUT2D eigenvalue weighted by molar-refractivity contribution is 7.49. The second-order valence-electron chi connectivity index (χ2n) is 20.8. The summed E-state index contributed by atoms with van der Waals surface area (Å²) in [6.45, 7) is 5.81. The molecule has 1 aliphatic rings. The quantitative estimate of drug-likeness (QED) is 0.0278. The molecule has 0 aliphatic carbocycles. The number of esters is 2. The molecule has 0 aromatic heterocycles. The molecule has 15 heteroatoms. The number of para-hydroxylation sites is 2. The van der Waals surface area contributed by atoms with Crippen LogP contribution in [-0.2, 0) is 37.7 Å². The first kappa shape index (κ1) is 65.8. The molecule has 1 aliphatic heterocycles. The molecule has 0 bridgehead atoms. The Hall–Kier alpha value is -3.52. The fraction of sp³-hybridized carbons (Fsp3) is 0.750. The zero-order valence-corrected chi connectivity index (χ0v) is 47.3. The number of aliphatic hydroxyl groups excluding tert-OH is 3. The zero-order chi connectivity index (χ0) is 54.2. The van der Waals surface area contributed by atoms with Crippen molar-refractivity contribution in [1.29, 1.82) is 0 Å². The Morgan fingerprint density at radius 3 is 1.36 bits per heavy atom. The Morgan fingerprint density at radius 2 is 0.933 bits per heavy atom. The van der Waals surface area contributed by atoms with Gasteiger partial charge in [-0.1, -0.05) is 237 Å². The van der Waals surface area contributed by atoms with Gasteiger partial charge in [-0.3, -0.25) is 18.9 Å². The van der Waals surface area contributed by atoms with Crippen LogP contribution in [0.15, 0.2) is 60.7 Å². The van der Waals surface area contributed by atoms with E-state index < -0.39 is 81.5 Å². The molecule has 14 nitrogen and oxygen atoms in total. The van der Waals surface area contributed by atoms with Gasteiger partial charge in [-0.25, -0.2) is 4.57 Å². The van der Waals surface area contributed by atoms with Crippen LogP contribution < -0.4 is 14.4 Å². The van der Waals surface area contributed by atoms with Crippen molar-refractivity contribution in [1.82, 2.24) is 5.32 Å². The van der Waals surface area contributed by atoms with E-state index in [-0.39, 0.29) is 24.3 Å². The highest BCUT2D eigenvalue weighted by Gasteiger charge is 2.54. The maximum absolute atomic E-state index is 15.0. The first-order valence-electron chi connectivity index (χ1n) is 29.6. The predicted octanol–water partition coefficient (Wildman–Crippen LogP) is 14.3. The molecule has 4 N–H and O–H groups in total. The molecule has 1 heterocycles. The zero-order valence-electron chi connectivity index (χ0n) is 46.4. The highest BCUT2D eigenvalue weighted by atomic mass is 31.2. The van der Waals surface area contributed by atoms with E-state index in [9.17, 15) is 29.7 Å². The first-order valence-corrected chi connectivity index (χ1v) is 31.0. The predicted molar refractivity (Wildman–Crippen MR) is 296 cm³/mol. The normalized spacial score (nSPS) is 18.5. The Labute approximate surface area is 452 Å². The smallest absolute Gasteiger partial charge is 0.457 e. The summed E-state index contributed by atoms with van der Waals surface area (Å²) in [6, 6.07) is 14.8. The van der Waals surface area contributed by atoms with Gasteiger partial charge >= 0.3 is 19.8 Å². The highest BCUT2D eigenvalue weighted by Crippen LogP contribution is 2.52. The minimum atomic E-state index is -4.81. The van der Waals surface area contributed by atoms with E-state index >= 15 is 4.57 Å². The van der Waals surface area contributed by atoms with Crippen molar-refractivity contribution >= 4 is 25.7 Å². The van der Waals surface area contributed by atoms with Crippen LogP contribution in [0.25, 0.3) is 0 Å². The summed E-state index contributed by atoms with van der Waals surface area (Å²) in [5.74, 6) is -1.95. The van der Waals surface area contributed by atoms with Gasteiger partial charge in [0.2, 0.25) is 12.2 Å². The molecule has 0 spiro atoms. The number of phosphoric acid groups is 1. The van der Waals surface area contributed by atoms with Crippen LogP contribution in [0.2, 0.25) is 0 Å². The average Bonchev–Trinajstić information content (AvgIpc) is 3.39. The SMILES string of the molecule is CCCCCCCCCCCCCC(=O)O[C@H]1O[C@H](CO)[C@@H](OP(=O)(Oc2ccccc2)Oc2ccccc2)[C@H](OC(=O)C[C@H](O)CCCCCCCCCCC)[C@H]1NC(=O)C[C@H](O)CCCCCCCCCCC. The van der Waals surface area contributed by atoms with E-state index in [0.29, 0.717) is 25.7 Å². The molecule has 3 rings (SSSR count). The number of carbonyl (C=O) groups excluding carboxylic acids is 3. The van der Waals surface area contributed by atoms with Crippen LogP contribution >= 0.6 is 7.82 Å². The largest absolute Gasteiger partial charge is 0.588 e. The molecule has 75 heavy (non-hydrogen) atoms. The summed E-state index contributed by atoms with van der Waals surface area (Å²) in [7, 11) is -4.81. The lowest BCUT2D eigenvalue weighted by atomic mass is 9.96. The third-order valence-electron chi connectivity index (χ3n) is 13.9. The van der Waals surface area contributed by atoms with E-state index in [1.165, 1.54) is 103 Å². The Morgan fingerprint density at radius 1 is 0.533 bits per heavy atom. The van der Waals surface area contributed by atoms with Crippen molar-refractivity contribution in [2.24, 2.45) is 0 Å². The number of unbranched alkanes of at least 4 members (excludes halogenated alkanes) is 26. The molecule has 2 aromatic carbocycles. The minimum absolute atomic E-state index is 0.0409. The fourth-order valence-corrected chi connectivity index (χ4v) is 11.0. The summed E-state index contributed by atoms with van der Waals surface area (Å²) >= 11 is 0. The van der Waals surface area contributed by atoms with Gasteiger partial charge in [-0.15, -0.1) is 0 Å². The maximum atomic E-state index is 15.0. The summed E-state index contributed by atoms with van der Waals surface area (Å²) in [6.07, 6.45) is 23.2. The lowest BCUT2D eigenvalue weighted by molar-refractivity contribution is -0.264. The van der Waals surface area contributed by atoms with E-state index in [4.69, 9.17) is 27.8 Å². The third kappa shape index (κ3) is 30.3. The van der Waals surface area contributed by atoms with Crippen LogP contribution in [0, 0.1) is 0 Å². The van der Waals surface area contributed by atoms with Crippen LogP contribution in [0.3, 0.4) is 0 Å². The van der Waals surface area contributed by atoms with Gasteiger partial charge < -0.3 is 43.9 Å². The van der Waals surface area contributed by atoms with Crippen molar-refractivity contribution in [3.8, 4) is 11.5 Å². The molecule has 2 aromatic rings. The number of nitrogens with one attached hydrogen (secondary N) is 1. The Balaban J connectivity index is 1.88. The van der Waals surface area contributed by atoms with Gasteiger partial charge in [0.15, 0.2) is 6.10 Å². The topological polar surface area (TPSA) is 196 Å². The number of aliphatic hydroxyl groups is 3. The minimum Gasteiger partial charge on any atom is -0.457 e. The number of ether oxygens (including phenoxy) is 3. The summed E-state index contributed by atoms with van der Waals surface area (Å²) in [5.41, 5.74) is 0. The molecule has 1 amide bonds. The molecule has 1 fully saturated rings. The Kier molecular flexibility index (Phi) is 36.4. The first-order chi connectivity index (χ1) is 36.5. The van der Waals surface area contributed by atoms with Crippen molar-refractivity contribution in [2.75, 3.05) is 6.61 Å². The van der Waals surface area contributed by atoms with E-state index in [1.54, 1.807) is 60.7 Å². The molecule has 1 saturated heterocycles. The molecule has 0 saturated carbocycles. The fourth-order valence-electron chi connectivity index (χ4n) is 9.56. The molecular formula is C60H100NO13P. The second-order valence-corrected chi connectivity index (χ2v) is 22.3. The van der Waals surface area contributed by atoms with Crippen LogP contribution in [0.1, 0.15) is 239 Å². The number of phosphoric ester groups is 1. The third-order valence-corrected chi connectivity index (χ3v) is 15.3. The number of benzene rings is 2. The molecule has 0 radical (unpaired) electrons. The molecular weight excluding hydrogens is 974 g/mol.